The van der Waals surface area contributed by atoms with Crippen molar-refractivity contribution in [1.82, 2.24) is 5.32 Å². The van der Waals surface area contributed by atoms with Gasteiger partial charge in [-0.2, -0.15) is 0 Å². The van der Waals surface area contributed by atoms with Crippen molar-refractivity contribution in [3.05, 3.63) is 35.4 Å². The smallest absolute Gasteiger partial charge is 0.246 e. The van der Waals surface area contributed by atoms with Crippen molar-refractivity contribution in [2.75, 3.05) is 6.61 Å². The van der Waals surface area contributed by atoms with Crippen molar-refractivity contribution in [2.45, 2.75) is 59.2 Å². The van der Waals surface area contributed by atoms with Gasteiger partial charge in [0.25, 0.3) is 0 Å². The lowest BCUT2D eigenvalue weighted by Gasteiger charge is -2.37. The van der Waals surface area contributed by atoms with E-state index in [2.05, 4.69) is 26.1 Å². The average Bonchev–Trinajstić information content (AvgIpc) is 2.58. The van der Waals surface area contributed by atoms with Crippen LogP contribution >= 0.6 is 12.4 Å². The van der Waals surface area contributed by atoms with Gasteiger partial charge in [-0.1, -0.05) is 51.5 Å². The van der Waals surface area contributed by atoms with E-state index in [9.17, 15) is 4.79 Å². The number of halogens is 1. The molecule has 0 spiro atoms. The second-order valence-electron chi connectivity index (χ2n) is 7.47. The first-order valence-electron chi connectivity index (χ1n) is 9.15. The number of carbonyl (C=O) groups is 1. The van der Waals surface area contributed by atoms with Crippen LogP contribution in [0.2, 0.25) is 0 Å². The Labute approximate surface area is 158 Å². The van der Waals surface area contributed by atoms with E-state index in [1.807, 2.05) is 24.3 Å². The third-order valence-corrected chi connectivity index (χ3v) is 5.14. The van der Waals surface area contributed by atoms with Gasteiger partial charge in [0.2, 0.25) is 5.91 Å². The van der Waals surface area contributed by atoms with Gasteiger partial charge in [-0.05, 0) is 41.7 Å². The quantitative estimate of drug-likeness (QED) is 0.771. The fourth-order valence-corrected chi connectivity index (χ4v) is 3.53. The summed E-state index contributed by atoms with van der Waals surface area (Å²) in [6.45, 7) is 8.00. The maximum atomic E-state index is 12.1. The minimum Gasteiger partial charge on any atom is -0.368 e. The number of ether oxygens (including phenoxy) is 1. The second kappa shape index (κ2) is 10.8. The largest absolute Gasteiger partial charge is 0.368 e. The number of carbonyl (C=O) groups excluding carboxylic acids is 1. The van der Waals surface area contributed by atoms with E-state index >= 15 is 0 Å². The summed E-state index contributed by atoms with van der Waals surface area (Å²) in [5.74, 6) is 1.82. The lowest BCUT2D eigenvalue weighted by atomic mass is 9.75. The molecular weight excluding hydrogens is 336 g/mol. The average molecular weight is 369 g/mol. The molecule has 25 heavy (non-hydrogen) atoms. The molecule has 1 aromatic carbocycles. The summed E-state index contributed by atoms with van der Waals surface area (Å²) in [5.41, 5.74) is 7.76. The van der Waals surface area contributed by atoms with Crippen LogP contribution in [0.5, 0.6) is 0 Å². The van der Waals surface area contributed by atoms with Crippen LogP contribution in [-0.2, 0) is 22.6 Å². The molecule has 5 heteroatoms. The highest BCUT2D eigenvalue weighted by molar-refractivity contribution is 5.85. The molecule has 0 aliphatic heterocycles. The monoisotopic (exact) mass is 368 g/mol. The van der Waals surface area contributed by atoms with E-state index < -0.39 is 0 Å². The first kappa shape index (κ1) is 21.9. The molecular formula is C20H33ClN2O2. The van der Waals surface area contributed by atoms with Gasteiger partial charge >= 0.3 is 0 Å². The van der Waals surface area contributed by atoms with Crippen LogP contribution in [0.15, 0.2) is 24.3 Å². The molecule has 3 atom stereocenters. The van der Waals surface area contributed by atoms with Gasteiger partial charge in [0, 0.05) is 13.1 Å². The van der Waals surface area contributed by atoms with Gasteiger partial charge in [-0.15, -0.1) is 12.4 Å². The van der Waals surface area contributed by atoms with Crippen molar-refractivity contribution in [2.24, 2.45) is 23.5 Å². The van der Waals surface area contributed by atoms with Crippen molar-refractivity contribution < 1.29 is 9.53 Å². The molecule has 1 aromatic rings. The Balaban J connectivity index is 0.00000312. The van der Waals surface area contributed by atoms with Crippen LogP contribution in [0.3, 0.4) is 0 Å². The van der Waals surface area contributed by atoms with E-state index in [-0.39, 0.29) is 31.0 Å². The third kappa shape index (κ3) is 6.96. The summed E-state index contributed by atoms with van der Waals surface area (Å²) in [5, 5.41) is 2.94. The number of nitrogens with one attached hydrogen (secondary N) is 1. The zero-order chi connectivity index (χ0) is 17.5. The Bertz CT molecular complexity index is 519. The molecule has 0 bridgehead atoms. The van der Waals surface area contributed by atoms with Crippen LogP contribution in [0, 0.1) is 17.8 Å². The van der Waals surface area contributed by atoms with Crippen LogP contribution < -0.4 is 11.1 Å². The highest BCUT2D eigenvalue weighted by Gasteiger charge is 2.31. The van der Waals surface area contributed by atoms with Gasteiger partial charge in [0.15, 0.2) is 0 Å². The lowest BCUT2D eigenvalue weighted by Crippen LogP contribution is -2.37. The number of amides is 1. The fraction of sp³-hybridized carbons (Fsp3) is 0.650. The zero-order valence-corrected chi connectivity index (χ0v) is 16.5. The van der Waals surface area contributed by atoms with Gasteiger partial charge in [0.05, 0.1) is 6.10 Å². The van der Waals surface area contributed by atoms with E-state index in [1.54, 1.807) is 0 Å². The minimum atomic E-state index is -0.0429. The number of hydrogen-bond acceptors (Lipinski definition) is 3. The summed E-state index contributed by atoms with van der Waals surface area (Å²) in [7, 11) is 0. The molecule has 0 unspecified atom stereocenters. The van der Waals surface area contributed by atoms with Crippen LogP contribution in [0.25, 0.3) is 0 Å². The molecule has 1 amide bonds. The summed E-state index contributed by atoms with van der Waals surface area (Å²) >= 11 is 0. The lowest BCUT2D eigenvalue weighted by molar-refractivity contribution is -0.131. The molecule has 1 saturated carbocycles. The molecule has 1 aliphatic carbocycles. The second-order valence-corrected chi connectivity index (χ2v) is 7.47. The Morgan fingerprint density at radius 1 is 1.24 bits per heavy atom. The van der Waals surface area contributed by atoms with Gasteiger partial charge in [-0.3, -0.25) is 4.79 Å². The molecule has 0 aromatic heterocycles. The van der Waals surface area contributed by atoms with Crippen molar-refractivity contribution in [1.29, 1.82) is 0 Å². The molecule has 1 fully saturated rings. The summed E-state index contributed by atoms with van der Waals surface area (Å²) < 4.78 is 5.99. The molecule has 3 N–H and O–H groups in total. The maximum absolute atomic E-state index is 12.1. The fourth-order valence-electron chi connectivity index (χ4n) is 3.53. The van der Waals surface area contributed by atoms with E-state index in [0.717, 1.165) is 17.5 Å². The summed E-state index contributed by atoms with van der Waals surface area (Å²) in [6.07, 6.45) is 3.76. The van der Waals surface area contributed by atoms with E-state index in [1.165, 1.54) is 12.8 Å². The van der Waals surface area contributed by atoms with Gasteiger partial charge in [0.1, 0.15) is 6.61 Å². The van der Waals surface area contributed by atoms with Gasteiger partial charge in [-0.25, -0.2) is 0 Å². The molecule has 142 valence electrons. The number of benzene rings is 1. The van der Waals surface area contributed by atoms with Crippen LogP contribution in [0.4, 0.5) is 0 Å². The molecule has 0 radical (unpaired) electrons. The normalized spacial score (nSPS) is 23.2. The van der Waals surface area contributed by atoms with Crippen molar-refractivity contribution in [3.63, 3.8) is 0 Å². The highest BCUT2D eigenvalue weighted by atomic mass is 35.5. The van der Waals surface area contributed by atoms with E-state index in [0.29, 0.717) is 30.8 Å². The first-order valence-corrected chi connectivity index (χ1v) is 9.15. The number of hydrogen-bond donors (Lipinski definition) is 2. The standard InChI is InChI=1S/C20H32N2O2.ClH/c1-14(2)18-9-4-15(3)10-19(18)24-13-20(23)22-12-17-7-5-16(11-21)6-8-17;/h5-8,14-15,18-19H,4,9-13,21H2,1-3H3,(H,22,23);1H/t15-,18+,19-;/m1./s1. The molecule has 0 saturated heterocycles. The van der Waals surface area contributed by atoms with Crippen LogP contribution in [0.1, 0.15) is 51.2 Å². The molecule has 1 aliphatic rings. The van der Waals surface area contributed by atoms with Gasteiger partial charge < -0.3 is 15.8 Å². The Kier molecular flexibility index (Phi) is 9.47. The third-order valence-electron chi connectivity index (χ3n) is 5.14. The maximum Gasteiger partial charge on any atom is 0.246 e. The predicted octanol–water partition coefficient (Wildman–Crippen LogP) is 3.66. The topological polar surface area (TPSA) is 64.3 Å². The zero-order valence-electron chi connectivity index (χ0n) is 15.7. The number of rotatable bonds is 7. The Hall–Kier alpha value is -1.10. The Morgan fingerprint density at radius 2 is 1.88 bits per heavy atom. The van der Waals surface area contributed by atoms with Crippen molar-refractivity contribution >= 4 is 18.3 Å². The Morgan fingerprint density at radius 3 is 2.48 bits per heavy atom. The van der Waals surface area contributed by atoms with E-state index in [4.69, 9.17) is 10.5 Å². The molecule has 0 heterocycles. The summed E-state index contributed by atoms with van der Waals surface area (Å²) in [4.78, 5) is 12.1. The molecule has 4 nitrogen and oxygen atoms in total. The first-order chi connectivity index (χ1) is 11.5. The summed E-state index contributed by atoms with van der Waals surface area (Å²) in [6, 6.07) is 7.99. The number of nitrogens with two attached hydrogens (primary N) is 1. The molecule has 2 rings (SSSR count). The SMILES string of the molecule is CC(C)[C@@H]1CC[C@@H](C)C[C@H]1OCC(=O)NCc1ccc(CN)cc1.Cl. The van der Waals surface area contributed by atoms with Crippen molar-refractivity contribution in [3.8, 4) is 0 Å². The van der Waals surface area contributed by atoms with Crippen LogP contribution in [-0.4, -0.2) is 18.6 Å². The minimum absolute atomic E-state index is 0. The predicted molar refractivity (Wildman–Crippen MR) is 105 cm³/mol. The highest BCUT2D eigenvalue weighted by Crippen LogP contribution is 2.35.